The van der Waals surface area contributed by atoms with E-state index in [4.69, 9.17) is 17.3 Å². The van der Waals surface area contributed by atoms with Crippen LogP contribution >= 0.6 is 0 Å². The number of amides is 1. The Kier molecular flexibility index (Phi) is 2.97. The quantitative estimate of drug-likeness (QED) is 0.606. The third-order valence-corrected chi connectivity index (χ3v) is 7.47. The minimum atomic E-state index is -0.710. The van der Waals surface area contributed by atoms with Crippen LogP contribution < -0.4 is 5.90 Å². The highest BCUT2D eigenvalue weighted by molar-refractivity contribution is 5.83. The second-order valence-electron chi connectivity index (χ2n) is 9.22. The van der Waals surface area contributed by atoms with E-state index in [0.717, 1.165) is 44.9 Å². The minimum absolute atomic E-state index is 0.103. The van der Waals surface area contributed by atoms with Crippen molar-refractivity contribution >= 4 is 5.91 Å². The Morgan fingerprint density at radius 1 is 1.25 bits per heavy atom. The Morgan fingerprint density at radius 2 is 1.96 bits per heavy atom. The summed E-state index contributed by atoms with van der Waals surface area (Å²) in [5.41, 5.74) is -0.988. The average molecular weight is 331 g/mol. The predicted octanol–water partition coefficient (Wildman–Crippen LogP) is 1.44. The van der Waals surface area contributed by atoms with E-state index in [0.29, 0.717) is 24.2 Å². The minimum Gasteiger partial charge on any atom is -0.390 e. The van der Waals surface area contributed by atoms with E-state index < -0.39 is 11.7 Å². The first-order chi connectivity index (χ1) is 11.5. The summed E-state index contributed by atoms with van der Waals surface area (Å²) in [6.45, 7) is 7.40. The third kappa shape index (κ3) is 1.95. The van der Waals surface area contributed by atoms with Gasteiger partial charge in [-0.25, -0.2) is 12.5 Å². The fourth-order valence-electron chi connectivity index (χ4n) is 7.05. The van der Waals surface area contributed by atoms with Gasteiger partial charge in [-0.2, -0.15) is 0 Å². The summed E-state index contributed by atoms with van der Waals surface area (Å²) in [7, 11) is 0. The van der Waals surface area contributed by atoms with Gasteiger partial charge >= 0.3 is 6.17 Å². The van der Waals surface area contributed by atoms with Gasteiger partial charge in [0, 0.05) is 17.9 Å². The second-order valence-corrected chi connectivity index (χ2v) is 9.22. The maximum atomic E-state index is 13.3. The van der Waals surface area contributed by atoms with Gasteiger partial charge in [0.1, 0.15) is 0 Å². The van der Waals surface area contributed by atoms with Crippen molar-refractivity contribution in [2.75, 3.05) is 0 Å². The molecule has 0 radical (unpaired) electrons. The number of hydrogen-bond acceptors (Lipinski definition) is 4. The van der Waals surface area contributed by atoms with Gasteiger partial charge in [0.05, 0.1) is 5.60 Å². The molecule has 3 N–H and O–H groups in total. The van der Waals surface area contributed by atoms with Crippen LogP contribution in [0.3, 0.4) is 0 Å². The molecule has 0 aromatic carbocycles. The number of nitrogens with zero attached hydrogens (tertiary/aromatic N) is 2. The lowest BCUT2D eigenvalue weighted by atomic mass is 9.46. The Balaban J connectivity index is 1.46. The summed E-state index contributed by atoms with van der Waals surface area (Å²) in [5.74, 6) is 6.99. The van der Waals surface area contributed by atoms with Crippen molar-refractivity contribution in [2.24, 2.45) is 29.1 Å². The SMILES string of the molecule is [C-]#[N+][C@@H]1C[C@@H]2C[C@@H]2N1C(=O)[C@@H](ON)C12CC3CC(CC(O)(C3)C1)C2. The van der Waals surface area contributed by atoms with E-state index >= 15 is 0 Å². The number of carbonyl (C=O) groups excluding carboxylic acids is 1. The molecule has 6 fully saturated rings. The van der Waals surface area contributed by atoms with E-state index in [2.05, 4.69) is 4.85 Å². The molecule has 6 heteroatoms. The number of carbonyl (C=O) groups is 1. The van der Waals surface area contributed by atoms with E-state index in [-0.39, 0.29) is 23.5 Å². The van der Waals surface area contributed by atoms with E-state index in [1.807, 2.05) is 0 Å². The Morgan fingerprint density at radius 3 is 2.54 bits per heavy atom. The van der Waals surface area contributed by atoms with Gasteiger partial charge in [0.25, 0.3) is 5.91 Å². The highest BCUT2D eigenvalue weighted by atomic mass is 16.6. The van der Waals surface area contributed by atoms with Crippen LogP contribution in [0.4, 0.5) is 0 Å². The van der Waals surface area contributed by atoms with Gasteiger partial charge in [0.15, 0.2) is 6.10 Å². The molecular formula is C18H25N3O3. The van der Waals surface area contributed by atoms with Gasteiger partial charge < -0.3 is 5.11 Å². The fraction of sp³-hybridized carbons (Fsp3) is 0.889. The Labute approximate surface area is 142 Å². The van der Waals surface area contributed by atoms with Crippen LogP contribution in [0.1, 0.15) is 51.4 Å². The van der Waals surface area contributed by atoms with E-state index in [1.165, 1.54) is 0 Å². The molecule has 2 unspecified atom stereocenters. The maximum absolute atomic E-state index is 13.3. The van der Waals surface area contributed by atoms with Crippen molar-refractivity contribution in [2.45, 2.75) is 75.3 Å². The first kappa shape index (κ1) is 15.1. The van der Waals surface area contributed by atoms with Gasteiger partial charge in [-0.3, -0.25) is 19.4 Å². The van der Waals surface area contributed by atoms with Crippen LogP contribution in [0.15, 0.2) is 0 Å². The Hall–Kier alpha value is -1.16. The molecule has 1 heterocycles. The molecule has 4 bridgehead atoms. The second kappa shape index (κ2) is 4.72. The molecule has 6 atom stereocenters. The number of likely N-dealkylation sites (tertiary alicyclic amines) is 1. The molecule has 5 saturated carbocycles. The molecule has 5 aliphatic carbocycles. The molecule has 24 heavy (non-hydrogen) atoms. The first-order valence-electron chi connectivity index (χ1n) is 9.24. The maximum Gasteiger partial charge on any atom is 0.301 e. The third-order valence-electron chi connectivity index (χ3n) is 7.47. The molecule has 130 valence electrons. The molecule has 0 aromatic heterocycles. The normalized spacial score (nSPS) is 52.0. The van der Waals surface area contributed by atoms with Crippen molar-refractivity contribution in [3.05, 3.63) is 11.4 Å². The van der Waals surface area contributed by atoms with E-state index in [1.54, 1.807) is 4.90 Å². The van der Waals surface area contributed by atoms with Crippen LogP contribution in [-0.2, 0) is 9.63 Å². The van der Waals surface area contributed by atoms with Crippen LogP contribution in [0.25, 0.3) is 4.85 Å². The summed E-state index contributed by atoms with van der Waals surface area (Å²) in [6, 6.07) is 0.214. The zero-order valence-electron chi connectivity index (χ0n) is 13.9. The molecule has 0 aromatic rings. The molecule has 1 saturated heterocycles. The predicted molar refractivity (Wildman–Crippen MR) is 84.9 cm³/mol. The van der Waals surface area contributed by atoms with Crippen LogP contribution in [0.2, 0.25) is 0 Å². The summed E-state index contributed by atoms with van der Waals surface area (Å²) in [4.78, 5) is 24.0. The summed E-state index contributed by atoms with van der Waals surface area (Å²) in [5, 5.41) is 10.9. The lowest BCUT2D eigenvalue weighted by Crippen LogP contribution is -2.63. The molecular weight excluding hydrogens is 306 g/mol. The number of nitrogens with two attached hydrogens (primary N) is 1. The van der Waals surface area contributed by atoms with Crippen molar-refractivity contribution in [3.8, 4) is 0 Å². The summed E-state index contributed by atoms with van der Waals surface area (Å²) >= 11 is 0. The zero-order chi connectivity index (χ0) is 16.7. The number of rotatable bonds is 3. The number of piperidine rings is 1. The van der Waals surface area contributed by atoms with Gasteiger partial charge in [-0.15, -0.1) is 0 Å². The van der Waals surface area contributed by atoms with Crippen molar-refractivity contribution in [1.29, 1.82) is 0 Å². The number of hydrogen-bond donors (Lipinski definition) is 2. The lowest BCUT2D eigenvalue weighted by molar-refractivity contribution is -0.211. The van der Waals surface area contributed by atoms with Crippen LogP contribution in [0.5, 0.6) is 0 Å². The lowest BCUT2D eigenvalue weighted by Gasteiger charge is -2.61. The smallest absolute Gasteiger partial charge is 0.301 e. The Bertz CT molecular complexity index is 615. The van der Waals surface area contributed by atoms with Crippen molar-refractivity contribution < 1.29 is 14.7 Å². The molecule has 6 aliphatic rings. The number of fused-ring (bicyclic) bond motifs is 1. The number of aliphatic hydroxyl groups is 1. The van der Waals surface area contributed by atoms with Crippen molar-refractivity contribution in [1.82, 2.24) is 4.90 Å². The zero-order valence-corrected chi connectivity index (χ0v) is 13.9. The molecule has 0 spiro atoms. The average Bonchev–Trinajstić information content (AvgIpc) is 3.15. The summed E-state index contributed by atoms with van der Waals surface area (Å²) in [6.07, 6.45) is 6.07. The molecule has 6 nitrogen and oxygen atoms in total. The molecule has 1 aliphatic heterocycles. The largest absolute Gasteiger partial charge is 0.390 e. The monoisotopic (exact) mass is 331 g/mol. The standard InChI is InChI=1S/C18H25N3O3/c1-20-14-4-12-3-13(12)21(14)16(22)15(24-19)17-5-10-2-11(6-17)8-18(23,7-10)9-17/h10-15,23H,2-9,19H2/t10?,11?,12-,13-,14-,15+,17?,18?/m0/s1. The topological polar surface area (TPSA) is 80.2 Å². The highest BCUT2D eigenvalue weighted by Gasteiger charge is 2.65. The first-order valence-corrected chi connectivity index (χ1v) is 9.24. The van der Waals surface area contributed by atoms with Gasteiger partial charge in [-0.05, 0) is 62.7 Å². The van der Waals surface area contributed by atoms with Crippen molar-refractivity contribution in [3.63, 3.8) is 0 Å². The summed E-state index contributed by atoms with van der Waals surface area (Å²) < 4.78 is 0. The fourth-order valence-corrected chi connectivity index (χ4v) is 7.05. The molecule has 1 amide bonds. The van der Waals surface area contributed by atoms with Gasteiger partial charge in [-0.1, -0.05) is 0 Å². The van der Waals surface area contributed by atoms with E-state index in [9.17, 15) is 9.90 Å². The van der Waals surface area contributed by atoms with Gasteiger partial charge in [0.2, 0.25) is 0 Å². The van der Waals surface area contributed by atoms with Crippen LogP contribution in [0, 0.1) is 29.7 Å². The highest BCUT2D eigenvalue weighted by Crippen LogP contribution is 2.63. The van der Waals surface area contributed by atoms with Crippen LogP contribution in [-0.4, -0.2) is 39.8 Å². The molecule has 6 rings (SSSR count).